The maximum Gasteiger partial charge on any atom is 0.229 e. The van der Waals surface area contributed by atoms with Crippen LogP contribution < -0.4 is 29.2 Å². The van der Waals surface area contributed by atoms with Gasteiger partial charge >= 0.3 is 0 Å². The van der Waals surface area contributed by atoms with Crippen LogP contribution in [0.15, 0.2) is 73.2 Å². The monoisotopic (exact) mass is 673 g/mol. The summed E-state index contributed by atoms with van der Waals surface area (Å²) < 4.78 is 22.6. The number of Topliss-reactive ketones (excluding diaryl/α,β-unsaturated/α-hetero) is 1. The molecule has 2 saturated carbocycles. The fraction of sp³-hybridized carbons (Fsp3) is 0.308. The largest absolute Gasteiger partial charge is 0.497 e. The highest BCUT2D eigenvalue weighted by atomic mass is 16.5. The maximum absolute atomic E-state index is 13.2. The quantitative estimate of drug-likeness (QED) is 0.159. The number of rotatable bonds is 12. The molecule has 50 heavy (non-hydrogen) atoms. The average Bonchev–Trinajstić information content (AvgIpc) is 3.66. The molecule has 0 bridgehead atoms. The Morgan fingerprint density at radius 1 is 0.840 bits per heavy atom. The summed E-state index contributed by atoms with van der Waals surface area (Å²) in [5, 5.41) is 4.66. The van der Waals surface area contributed by atoms with E-state index in [-0.39, 0.29) is 29.4 Å². The summed E-state index contributed by atoms with van der Waals surface area (Å²) in [7, 11) is 6.53. The number of anilines is 2. The number of ketones is 1. The molecule has 1 unspecified atom stereocenters. The summed E-state index contributed by atoms with van der Waals surface area (Å²) in [6.07, 6.45) is 6.31. The number of pyridine rings is 3. The summed E-state index contributed by atoms with van der Waals surface area (Å²) in [4.78, 5) is 41.6. The first-order chi connectivity index (χ1) is 24.3. The van der Waals surface area contributed by atoms with E-state index in [1.807, 2.05) is 67.7 Å². The van der Waals surface area contributed by atoms with Gasteiger partial charge in [0.1, 0.15) is 40.4 Å². The zero-order chi connectivity index (χ0) is 34.9. The lowest BCUT2D eigenvalue weighted by molar-refractivity contribution is -0.120. The van der Waals surface area contributed by atoms with Crippen molar-refractivity contribution < 1.29 is 28.5 Å². The van der Waals surface area contributed by atoms with Gasteiger partial charge in [0.15, 0.2) is 0 Å². The predicted molar refractivity (Wildman–Crippen MR) is 190 cm³/mol. The summed E-state index contributed by atoms with van der Waals surface area (Å²) >= 11 is 0. The number of benzene rings is 2. The Morgan fingerprint density at radius 3 is 2.06 bits per heavy atom. The number of aryl methyl sites for hydroxylation is 1. The van der Waals surface area contributed by atoms with Crippen LogP contribution in [-0.4, -0.2) is 55.1 Å². The first-order valence-electron chi connectivity index (χ1n) is 16.5. The Kier molecular flexibility index (Phi) is 8.96. The number of methoxy groups -OCH3 is 4. The second kappa shape index (κ2) is 13.7. The molecule has 11 nitrogen and oxygen atoms in total. The van der Waals surface area contributed by atoms with E-state index in [0.29, 0.717) is 60.6 Å². The van der Waals surface area contributed by atoms with Gasteiger partial charge in [-0.05, 0) is 72.2 Å². The lowest BCUT2D eigenvalue weighted by Gasteiger charge is -2.28. The number of hydrogen-bond donors (Lipinski definition) is 1. The molecular weight excluding hydrogens is 634 g/mol. The summed E-state index contributed by atoms with van der Waals surface area (Å²) in [6.45, 7) is 2.86. The number of ether oxygens (including phenoxy) is 4. The smallest absolute Gasteiger partial charge is 0.229 e. The van der Waals surface area contributed by atoms with Crippen molar-refractivity contribution in [2.45, 2.75) is 32.9 Å². The van der Waals surface area contributed by atoms with Crippen LogP contribution in [0.25, 0.3) is 22.0 Å². The van der Waals surface area contributed by atoms with Gasteiger partial charge in [0.2, 0.25) is 5.91 Å². The molecule has 0 spiro atoms. The molecule has 0 saturated heterocycles. The molecule has 3 atom stereocenters. The molecule has 2 aromatic carbocycles. The van der Waals surface area contributed by atoms with Gasteiger partial charge in [0.25, 0.3) is 0 Å². The molecular formula is C39H39N5O6. The lowest BCUT2D eigenvalue weighted by atomic mass is 10.0. The number of aromatic nitrogens is 3. The molecule has 2 aliphatic rings. The highest BCUT2D eigenvalue weighted by Gasteiger charge is 2.59. The van der Waals surface area contributed by atoms with Gasteiger partial charge in [-0.3, -0.25) is 14.6 Å². The molecule has 2 fully saturated rings. The number of nitrogens with one attached hydrogen (secondary N) is 1. The third kappa shape index (κ3) is 6.38. The van der Waals surface area contributed by atoms with E-state index in [9.17, 15) is 9.59 Å². The van der Waals surface area contributed by atoms with E-state index in [1.165, 1.54) is 0 Å². The highest BCUT2D eigenvalue weighted by Crippen LogP contribution is 2.56. The SMILES string of the molecule is COc1ccc(CN(Cc2ccc(OC)cc2OC)c2nc(-c3cnccc3C)cc3cc(NC(=O)C4[C@H]5CC(=O)C[C@@H]45)ncc23)c(OC)c1. The summed E-state index contributed by atoms with van der Waals surface area (Å²) in [5.41, 5.74) is 4.48. The zero-order valence-electron chi connectivity index (χ0n) is 28.7. The van der Waals surface area contributed by atoms with Crippen LogP contribution in [0.3, 0.4) is 0 Å². The molecule has 3 aromatic heterocycles. The summed E-state index contributed by atoms with van der Waals surface area (Å²) in [5.74, 6) is 4.17. The van der Waals surface area contributed by atoms with Crippen molar-refractivity contribution in [1.29, 1.82) is 0 Å². The van der Waals surface area contributed by atoms with Gasteiger partial charge in [-0.15, -0.1) is 0 Å². The molecule has 3 heterocycles. The Hall–Kier alpha value is -5.71. The van der Waals surface area contributed by atoms with E-state index in [2.05, 4.69) is 15.2 Å². The lowest BCUT2D eigenvalue weighted by Crippen LogP contribution is -2.24. The van der Waals surface area contributed by atoms with Crippen molar-refractivity contribution in [1.82, 2.24) is 15.0 Å². The topological polar surface area (TPSA) is 125 Å². The third-order valence-electron chi connectivity index (χ3n) is 9.83. The van der Waals surface area contributed by atoms with Crippen molar-refractivity contribution in [3.8, 4) is 34.3 Å². The Morgan fingerprint density at radius 2 is 1.48 bits per heavy atom. The van der Waals surface area contributed by atoms with E-state index in [1.54, 1.807) is 40.8 Å². The Bertz CT molecular complexity index is 2030. The van der Waals surface area contributed by atoms with Crippen LogP contribution in [0.2, 0.25) is 0 Å². The first kappa shape index (κ1) is 32.8. The molecule has 256 valence electrons. The van der Waals surface area contributed by atoms with Crippen molar-refractivity contribution in [2.75, 3.05) is 38.7 Å². The number of fused-ring (bicyclic) bond motifs is 2. The van der Waals surface area contributed by atoms with Gasteiger partial charge in [-0.25, -0.2) is 9.97 Å². The number of carbonyl (C=O) groups excluding carboxylic acids is 2. The predicted octanol–water partition coefficient (Wildman–Crippen LogP) is 6.41. The number of nitrogens with zero attached hydrogens (tertiary/aromatic N) is 4. The minimum atomic E-state index is -0.138. The normalized spacial score (nSPS) is 17.6. The molecule has 0 aliphatic heterocycles. The minimum Gasteiger partial charge on any atom is -0.497 e. The zero-order valence-corrected chi connectivity index (χ0v) is 28.7. The van der Waals surface area contributed by atoms with Crippen LogP contribution in [0.5, 0.6) is 23.0 Å². The fourth-order valence-electron chi connectivity index (χ4n) is 7.10. The fourth-order valence-corrected chi connectivity index (χ4v) is 7.10. The van der Waals surface area contributed by atoms with E-state index >= 15 is 0 Å². The number of hydrogen-bond acceptors (Lipinski definition) is 10. The number of carbonyl (C=O) groups is 2. The number of amides is 1. The first-order valence-corrected chi connectivity index (χ1v) is 16.5. The Labute approximate surface area is 290 Å². The molecule has 2 aliphatic carbocycles. The van der Waals surface area contributed by atoms with Gasteiger partial charge in [-0.1, -0.05) is 0 Å². The van der Waals surface area contributed by atoms with Gasteiger partial charge in [-0.2, -0.15) is 0 Å². The van der Waals surface area contributed by atoms with Crippen LogP contribution >= 0.6 is 0 Å². The van der Waals surface area contributed by atoms with E-state index in [0.717, 1.165) is 38.7 Å². The van der Waals surface area contributed by atoms with Gasteiger partial charge in [0.05, 0.1) is 34.1 Å². The third-order valence-corrected chi connectivity index (χ3v) is 9.83. The van der Waals surface area contributed by atoms with Crippen LogP contribution in [-0.2, 0) is 22.7 Å². The summed E-state index contributed by atoms with van der Waals surface area (Å²) in [6, 6.07) is 17.4. The standard InChI is InChI=1S/C39H39N5O6/c1-22-10-11-40-18-31(22)33-12-25-13-36(43-39(46)37-29-14-26(45)15-30(29)37)41-19-32(25)38(42-33)44(20-23-6-8-27(47-2)16-34(23)49-4)21-24-7-9-28(48-3)17-35(24)50-5/h6-13,16-19,29-30,37H,14-15,20-21H2,1-5H3,(H,41,43,46)/t29-,30+,37?. The van der Waals surface area contributed by atoms with Crippen LogP contribution in [0.4, 0.5) is 11.6 Å². The molecule has 1 amide bonds. The second-order valence-corrected chi connectivity index (χ2v) is 12.8. The molecule has 11 heteroatoms. The van der Waals surface area contributed by atoms with E-state index in [4.69, 9.17) is 28.9 Å². The van der Waals surface area contributed by atoms with Crippen molar-refractivity contribution in [2.24, 2.45) is 17.8 Å². The van der Waals surface area contributed by atoms with Crippen molar-refractivity contribution >= 4 is 34.1 Å². The molecule has 0 radical (unpaired) electrons. The van der Waals surface area contributed by atoms with Crippen LogP contribution in [0.1, 0.15) is 29.5 Å². The highest BCUT2D eigenvalue weighted by molar-refractivity contribution is 6.00. The van der Waals surface area contributed by atoms with E-state index < -0.39 is 0 Å². The molecule has 5 aromatic rings. The average molecular weight is 674 g/mol. The van der Waals surface area contributed by atoms with Crippen LogP contribution in [0, 0.1) is 24.7 Å². The second-order valence-electron chi connectivity index (χ2n) is 12.8. The van der Waals surface area contributed by atoms with Crippen molar-refractivity contribution in [3.63, 3.8) is 0 Å². The van der Waals surface area contributed by atoms with Crippen molar-refractivity contribution in [3.05, 3.63) is 89.9 Å². The maximum atomic E-state index is 13.2. The molecule has 7 rings (SSSR count). The minimum absolute atomic E-state index is 0.0863. The molecule has 1 N–H and O–H groups in total. The van der Waals surface area contributed by atoms with Gasteiger partial charge < -0.3 is 29.2 Å². The van der Waals surface area contributed by atoms with Gasteiger partial charge in [0, 0.05) is 84.6 Å². The Balaban J connectivity index is 1.35.